The molecule has 0 atom stereocenters. The molecule has 1 aromatic heterocycles. The number of methoxy groups -OCH3 is 2. The van der Waals surface area contributed by atoms with E-state index in [9.17, 15) is 26.4 Å². The summed E-state index contributed by atoms with van der Waals surface area (Å²) in [6.07, 6.45) is -2.62. The molecule has 0 aliphatic rings. The largest absolute Gasteiger partial charge is 0.416 e. The first-order valence-electron chi connectivity index (χ1n) is 10.5. The molecule has 0 N–H and O–H groups in total. The van der Waals surface area contributed by atoms with Crippen molar-refractivity contribution in [2.75, 3.05) is 47.1 Å². The van der Waals surface area contributed by atoms with Crippen LogP contribution in [0.3, 0.4) is 0 Å². The number of amides is 1. The maximum atomic E-state index is 13.3. The zero-order chi connectivity index (χ0) is 25.4. The van der Waals surface area contributed by atoms with Gasteiger partial charge in [0.2, 0.25) is 15.9 Å². The van der Waals surface area contributed by atoms with Crippen LogP contribution >= 0.6 is 0 Å². The molecule has 190 valence electrons. The highest BCUT2D eigenvalue weighted by molar-refractivity contribution is 7.89. The molecular weight excluding hydrogens is 475 g/mol. The third-order valence-corrected chi connectivity index (χ3v) is 7.03. The van der Waals surface area contributed by atoms with Gasteiger partial charge in [-0.3, -0.25) is 4.79 Å². The van der Waals surface area contributed by atoms with Crippen LogP contribution in [0.15, 0.2) is 47.5 Å². The van der Waals surface area contributed by atoms with Crippen molar-refractivity contribution in [3.8, 4) is 0 Å². The highest BCUT2D eigenvalue weighted by Gasteiger charge is 2.34. The van der Waals surface area contributed by atoms with Gasteiger partial charge in [-0.25, -0.2) is 8.42 Å². The molecule has 0 saturated heterocycles. The molecule has 1 amide bonds. The van der Waals surface area contributed by atoms with Gasteiger partial charge in [-0.05, 0) is 36.8 Å². The summed E-state index contributed by atoms with van der Waals surface area (Å²) in [6, 6.07) is 7.16. The van der Waals surface area contributed by atoms with Crippen molar-refractivity contribution in [1.29, 1.82) is 0 Å². The molecule has 1 heterocycles. The van der Waals surface area contributed by atoms with Crippen molar-refractivity contribution >= 4 is 15.9 Å². The van der Waals surface area contributed by atoms with Crippen LogP contribution in [0, 0.1) is 0 Å². The molecule has 0 aliphatic heterocycles. The fourth-order valence-corrected chi connectivity index (χ4v) is 4.73. The molecule has 0 saturated carbocycles. The summed E-state index contributed by atoms with van der Waals surface area (Å²) in [5.41, 5.74) is -0.252. The number of hydrogen-bond donors (Lipinski definition) is 0. The average Bonchev–Trinajstić information content (AvgIpc) is 3.19. The van der Waals surface area contributed by atoms with Crippen LogP contribution in [0.25, 0.3) is 0 Å². The molecule has 12 heteroatoms. The molecule has 0 fully saturated rings. The van der Waals surface area contributed by atoms with E-state index < -0.39 is 39.1 Å². The number of rotatable bonds is 13. The van der Waals surface area contributed by atoms with Gasteiger partial charge in [0.15, 0.2) is 0 Å². The minimum atomic E-state index is -4.70. The number of halogens is 3. The van der Waals surface area contributed by atoms with Crippen LogP contribution in [0.2, 0.25) is 0 Å². The van der Waals surface area contributed by atoms with Crippen molar-refractivity contribution in [1.82, 2.24) is 13.8 Å². The Labute approximate surface area is 197 Å². The van der Waals surface area contributed by atoms with Crippen molar-refractivity contribution in [2.24, 2.45) is 7.05 Å². The Hall–Kier alpha value is -2.41. The number of carbonyl (C=O) groups is 1. The van der Waals surface area contributed by atoms with Crippen molar-refractivity contribution in [3.05, 3.63) is 53.9 Å². The van der Waals surface area contributed by atoms with Crippen molar-refractivity contribution < 1.29 is 35.9 Å². The number of benzene rings is 1. The van der Waals surface area contributed by atoms with Gasteiger partial charge in [-0.1, -0.05) is 6.07 Å². The lowest BCUT2D eigenvalue weighted by molar-refractivity contribution is -0.137. The maximum absolute atomic E-state index is 13.3. The quantitative estimate of drug-likeness (QED) is 0.391. The van der Waals surface area contributed by atoms with Gasteiger partial charge in [-0.2, -0.15) is 17.5 Å². The number of ether oxygens (including phenoxy) is 2. The monoisotopic (exact) mass is 505 g/mol. The first kappa shape index (κ1) is 27.8. The lowest BCUT2D eigenvalue weighted by Crippen LogP contribution is -2.44. The number of carbonyl (C=O) groups excluding carboxylic acids is 1. The van der Waals surface area contributed by atoms with Gasteiger partial charge in [0.05, 0.1) is 30.2 Å². The van der Waals surface area contributed by atoms with E-state index in [-0.39, 0.29) is 39.3 Å². The third kappa shape index (κ3) is 7.55. The topological polar surface area (TPSA) is 81.1 Å². The van der Waals surface area contributed by atoms with E-state index >= 15 is 0 Å². The molecule has 0 unspecified atom stereocenters. The number of aromatic nitrogens is 1. The molecule has 2 rings (SSSR count). The van der Waals surface area contributed by atoms with E-state index in [0.717, 1.165) is 28.2 Å². The van der Waals surface area contributed by atoms with Gasteiger partial charge in [0.25, 0.3) is 0 Å². The van der Waals surface area contributed by atoms with E-state index in [4.69, 9.17) is 9.47 Å². The fraction of sp³-hybridized carbons (Fsp3) is 0.500. The lowest BCUT2D eigenvalue weighted by atomic mass is 10.2. The molecule has 34 heavy (non-hydrogen) atoms. The van der Waals surface area contributed by atoms with Crippen LogP contribution < -0.4 is 0 Å². The Bertz CT molecular complexity index is 1040. The second kappa shape index (κ2) is 12.3. The molecule has 1 aromatic carbocycles. The van der Waals surface area contributed by atoms with Gasteiger partial charge in [0, 0.05) is 52.9 Å². The summed E-state index contributed by atoms with van der Waals surface area (Å²) in [4.78, 5) is 14.1. The SMILES string of the molecule is COCCCN(CC(=O)N(CCOC)Cc1cccn1C)S(=O)(=O)c1cccc(C(F)(F)F)c1. The minimum absolute atomic E-state index is 0.0968. The average molecular weight is 506 g/mol. The first-order valence-corrected chi connectivity index (χ1v) is 12.0. The highest BCUT2D eigenvalue weighted by atomic mass is 32.2. The molecular formula is C22H30F3N3O5S. The minimum Gasteiger partial charge on any atom is -0.385 e. The Morgan fingerprint density at radius 1 is 1.06 bits per heavy atom. The predicted octanol–water partition coefficient (Wildman–Crippen LogP) is 2.75. The summed E-state index contributed by atoms with van der Waals surface area (Å²) in [5.74, 6) is -0.494. The van der Waals surface area contributed by atoms with Gasteiger partial charge in [0.1, 0.15) is 0 Å². The van der Waals surface area contributed by atoms with Gasteiger partial charge < -0.3 is 18.9 Å². The van der Waals surface area contributed by atoms with Gasteiger partial charge >= 0.3 is 6.18 Å². The zero-order valence-electron chi connectivity index (χ0n) is 19.4. The molecule has 2 aromatic rings. The maximum Gasteiger partial charge on any atom is 0.416 e. The van der Waals surface area contributed by atoms with Crippen molar-refractivity contribution in [2.45, 2.75) is 24.0 Å². The standard InChI is InChI=1S/C22H30F3N3O5S/c1-26-10-5-8-19(26)16-27(12-14-33-3)21(29)17-28(11-6-13-32-2)34(30,31)20-9-4-7-18(15-20)22(23,24)25/h4-5,7-10,15H,6,11-14,16-17H2,1-3H3. The Kier molecular flexibility index (Phi) is 10.1. The van der Waals surface area contributed by atoms with Gasteiger partial charge in [-0.15, -0.1) is 0 Å². The molecule has 0 aliphatic carbocycles. The summed E-state index contributed by atoms with van der Waals surface area (Å²) in [7, 11) is 0.367. The summed E-state index contributed by atoms with van der Waals surface area (Å²) in [5, 5.41) is 0. The number of hydrogen-bond acceptors (Lipinski definition) is 5. The second-order valence-corrected chi connectivity index (χ2v) is 9.57. The fourth-order valence-electron chi connectivity index (χ4n) is 3.25. The summed E-state index contributed by atoms with van der Waals surface area (Å²) in [6.45, 7) is 0.272. The first-order chi connectivity index (χ1) is 16.0. The number of aryl methyl sites for hydroxylation is 1. The van der Waals surface area contributed by atoms with E-state index in [1.165, 1.54) is 19.1 Å². The number of sulfonamides is 1. The van der Waals surface area contributed by atoms with Crippen molar-refractivity contribution in [3.63, 3.8) is 0 Å². The molecule has 8 nitrogen and oxygen atoms in total. The normalized spacial score (nSPS) is 12.3. The summed E-state index contributed by atoms with van der Waals surface area (Å²) < 4.78 is 78.8. The van der Waals surface area contributed by atoms with E-state index in [1.807, 2.05) is 29.9 Å². The number of alkyl halides is 3. The molecule has 0 bridgehead atoms. The smallest absolute Gasteiger partial charge is 0.385 e. The van der Waals surface area contributed by atoms with E-state index in [0.29, 0.717) is 6.07 Å². The van der Waals surface area contributed by atoms with Crippen LogP contribution in [-0.2, 0) is 44.1 Å². The Morgan fingerprint density at radius 3 is 2.35 bits per heavy atom. The molecule has 0 spiro atoms. The van der Waals surface area contributed by atoms with Crippen LogP contribution in [0.4, 0.5) is 13.2 Å². The van der Waals surface area contributed by atoms with E-state index in [2.05, 4.69) is 0 Å². The zero-order valence-corrected chi connectivity index (χ0v) is 20.2. The predicted molar refractivity (Wildman–Crippen MR) is 119 cm³/mol. The highest BCUT2D eigenvalue weighted by Crippen LogP contribution is 2.31. The lowest BCUT2D eigenvalue weighted by Gasteiger charge is -2.27. The Morgan fingerprint density at radius 2 is 1.76 bits per heavy atom. The van der Waals surface area contributed by atoms with Crippen LogP contribution in [0.5, 0.6) is 0 Å². The molecule has 0 radical (unpaired) electrons. The Balaban J connectivity index is 2.32. The third-order valence-electron chi connectivity index (χ3n) is 5.19. The summed E-state index contributed by atoms with van der Waals surface area (Å²) >= 11 is 0. The van der Waals surface area contributed by atoms with Crippen LogP contribution in [-0.4, -0.2) is 75.2 Å². The van der Waals surface area contributed by atoms with E-state index in [1.54, 1.807) is 0 Å². The second-order valence-electron chi connectivity index (χ2n) is 7.63. The van der Waals surface area contributed by atoms with Crippen LogP contribution in [0.1, 0.15) is 17.7 Å². The number of nitrogens with zero attached hydrogens (tertiary/aromatic N) is 3.